The van der Waals surface area contributed by atoms with Crippen LogP contribution in [0.4, 0.5) is 0 Å². The summed E-state index contributed by atoms with van der Waals surface area (Å²) in [6.45, 7) is 4.02. The van der Waals surface area contributed by atoms with E-state index in [1.807, 2.05) is 25.1 Å². The number of rotatable bonds is 4. The number of pyridine rings is 1. The molecule has 0 saturated heterocycles. The summed E-state index contributed by atoms with van der Waals surface area (Å²) < 4.78 is 0. The second kappa shape index (κ2) is 5.58. The number of carbonyl (C=O) groups is 1. The van der Waals surface area contributed by atoms with Crippen molar-refractivity contribution in [1.82, 2.24) is 4.98 Å². The second-order valence-electron chi connectivity index (χ2n) is 4.46. The molecule has 2 aromatic rings. The molecule has 0 bridgehead atoms. The number of hydrogen-bond acceptors (Lipinski definition) is 2. The minimum atomic E-state index is 0.143. The van der Waals surface area contributed by atoms with E-state index in [1.54, 1.807) is 12.3 Å². The lowest BCUT2D eigenvalue weighted by Gasteiger charge is -2.03. The number of benzene rings is 1. The molecular formula is C16H17NO. The van der Waals surface area contributed by atoms with E-state index in [9.17, 15) is 4.79 Å². The molecule has 18 heavy (non-hydrogen) atoms. The Bertz CT molecular complexity index is 543. The van der Waals surface area contributed by atoms with Gasteiger partial charge in [-0.1, -0.05) is 31.2 Å². The van der Waals surface area contributed by atoms with Crippen molar-refractivity contribution < 1.29 is 4.79 Å². The van der Waals surface area contributed by atoms with Crippen LogP contribution in [0.2, 0.25) is 0 Å². The highest BCUT2D eigenvalue weighted by Crippen LogP contribution is 2.10. The van der Waals surface area contributed by atoms with Crippen LogP contribution in [0.1, 0.15) is 34.1 Å². The maximum atomic E-state index is 12.1. The van der Waals surface area contributed by atoms with Gasteiger partial charge in [0.05, 0.1) is 0 Å². The Hall–Kier alpha value is -1.96. The van der Waals surface area contributed by atoms with Crippen LogP contribution in [0.25, 0.3) is 0 Å². The van der Waals surface area contributed by atoms with Crippen LogP contribution in [0.5, 0.6) is 0 Å². The lowest BCUT2D eigenvalue weighted by Crippen LogP contribution is -2.04. The molecule has 1 aromatic heterocycles. The third kappa shape index (κ3) is 3.04. The van der Waals surface area contributed by atoms with Gasteiger partial charge in [0.1, 0.15) is 0 Å². The number of ketones is 1. The van der Waals surface area contributed by atoms with Crippen molar-refractivity contribution in [3.05, 3.63) is 65.0 Å². The van der Waals surface area contributed by atoms with E-state index >= 15 is 0 Å². The van der Waals surface area contributed by atoms with Gasteiger partial charge in [-0.05, 0) is 36.6 Å². The molecule has 2 heteroatoms. The number of Topliss-reactive ketones (excluding diaryl/α,β-unsaturated/α-hetero) is 1. The Kier molecular flexibility index (Phi) is 3.88. The Morgan fingerprint density at radius 2 is 1.78 bits per heavy atom. The number of aromatic nitrogens is 1. The maximum Gasteiger partial charge on any atom is 0.167 e. The summed E-state index contributed by atoms with van der Waals surface area (Å²) in [5, 5.41) is 0. The summed E-state index contributed by atoms with van der Waals surface area (Å²) in [6, 6.07) is 11.8. The van der Waals surface area contributed by atoms with Gasteiger partial charge in [-0.25, -0.2) is 0 Å². The smallest absolute Gasteiger partial charge is 0.167 e. The zero-order valence-electron chi connectivity index (χ0n) is 10.8. The molecule has 0 fully saturated rings. The molecule has 0 amide bonds. The van der Waals surface area contributed by atoms with Gasteiger partial charge in [0, 0.05) is 23.9 Å². The van der Waals surface area contributed by atoms with E-state index in [0.717, 1.165) is 23.2 Å². The molecule has 2 nitrogen and oxygen atoms in total. The first-order chi connectivity index (χ1) is 8.69. The van der Waals surface area contributed by atoms with Gasteiger partial charge in [-0.2, -0.15) is 0 Å². The fraction of sp³-hybridized carbons (Fsp3) is 0.250. The highest BCUT2D eigenvalue weighted by molar-refractivity contribution is 5.97. The monoisotopic (exact) mass is 239 g/mol. The summed E-state index contributed by atoms with van der Waals surface area (Å²) >= 11 is 0. The quantitative estimate of drug-likeness (QED) is 0.766. The van der Waals surface area contributed by atoms with Gasteiger partial charge in [0.15, 0.2) is 5.78 Å². The van der Waals surface area contributed by atoms with E-state index in [0.29, 0.717) is 6.42 Å². The normalized spacial score (nSPS) is 10.3. The third-order valence-corrected chi connectivity index (χ3v) is 3.01. The van der Waals surface area contributed by atoms with Crippen molar-refractivity contribution >= 4 is 5.78 Å². The number of hydrogen-bond donors (Lipinski definition) is 0. The number of nitrogens with zero attached hydrogens (tertiary/aromatic N) is 1. The first-order valence-electron chi connectivity index (χ1n) is 6.22. The Labute approximate surface area is 108 Å². The predicted octanol–water partition coefficient (Wildman–Crippen LogP) is 3.38. The van der Waals surface area contributed by atoms with Crippen LogP contribution >= 0.6 is 0 Å². The van der Waals surface area contributed by atoms with Crippen LogP contribution in [0.15, 0.2) is 42.6 Å². The summed E-state index contributed by atoms with van der Waals surface area (Å²) in [7, 11) is 0. The molecule has 0 atom stereocenters. The first-order valence-corrected chi connectivity index (χ1v) is 6.22. The van der Waals surface area contributed by atoms with Crippen molar-refractivity contribution in [1.29, 1.82) is 0 Å². The molecule has 1 aromatic carbocycles. The molecule has 2 rings (SSSR count). The standard InChI is InChI=1S/C16H17NO/c1-3-13-4-6-14(7-5-13)11-16(18)15-8-9-17-12(2)10-15/h4-10H,3,11H2,1-2H3. The van der Waals surface area contributed by atoms with Crippen LogP contribution in [-0.2, 0) is 12.8 Å². The molecular weight excluding hydrogens is 222 g/mol. The largest absolute Gasteiger partial charge is 0.294 e. The highest BCUT2D eigenvalue weighted by atomic mass is 16.1. The van der Waals surface area contributed by atoms with Crippen molar-refractivity contribution in [2.24, 2.45) is 0 Å². The number of aryl methyl sites for hydroxylation is 2. The van der Waals surface area contributed by atoms with Gasteiger partial charge in [-0.15, -0.1) is 0 Å². The Balaban J connectivity index is 2.11. The molecule has 0 saturated carbocycles. The highest BCUT2D eigenvalue weighted by Gasteiger charge is 2.07. The zero-order chi connectivity index (χ0) is 13.0. The average Bonchev–Trinajstić information content (AvgIpc) is 2.39. The first kappa shape index (κ1) is 12.5. The van der Waals surface area contributed by atoms with E-state index in [1.165, 1.54) is 5.56 Å². The summed E-state index contributed by atoms with van der Waals surface area (Å²) in [5.74, 6) is 0.143. The molecule has 0 aliphatic heterocycles. The number of carbonyl (C=O) groups excluding carboxylic acids is 1. The van der Waals surface area contributed by atoms with E-state index in [-0.39, 0.29) is 5.78 Å². The lowest BCUT2D eigenvalue weighted by molar-refractivity contribution is 0.0993. The molecule has 92 valence electrons. The van der Waals surface area contributed by atoms with E-state index in [2.05, 4.69) is 24.0 Å². The average molecular weight is 239 g/mol. The van der Waals surface area contributed by atoms with Crippen LogP contribution in [0.3, 0.4) is 0 Å². The third-order valence-electron chi connectivity index (χ3n) is 3.01. The molecule has 1 heterocycles. The molecule has 0 aliphatic rings. The maximum absolute atomic E-state index is 12.1. The summed E-state index contributed by atoms with van der Waals surface area (Å²) in [6.07, 6.45) is 3.16. The fourth-order valence-electron chi connectivity index (χ4n) is 1.90. The minimum absolute atomic E-state index is 0.143. The lowest BCUT2D eigenvalue weighted by atomic mass is 10.0. The minimum Gasteiger partial charge on any atom is -0.294 e. The fourth-order valence-corrected chi connectivity index (χ4v) is 1.90. The Morgan fingerprint density at radius 3 is 2.39 bits per heavy atom. The summed E-state index contributed by atoms with van der Waals surface area (Å²) in [5.41, 5.74) is 3.97. The van der Waals surface area contributed by atoms with E-state index in [4.69, 9.17) is 0 Å². The van der Waals surface area contributed by atoms with Crippen molar-refractivity contribution in [3.63, 3.8) is 0 Å². The predicted molar refractivity (Wildman–Crippen MR) is 72.8 cm³/mol. The zero-order valence-corrected chi connectivity index (χ0v) is 10.8. The molecule has 0 spiro atoms. The molecule has 0 aliphatic carbocycles. The molecule has 0 radical (unpaired) electrons. The van der Waals surface area contributed by atoms with Gasteiger partial charge < -0.3 is 0 Å². The summed E-state index contributed by atoms with van der Waals surface area (Å²) in [4.78, 5) is 16.2. The molecule has 0 unspecified atom stereocenters. The topological polar surface area (TPSA) is 30.0 Å². The molecule has 0 N–H and O–H groups in total. The van der Waals surface area contributed by atoms with Crippen LogP contribution < -0.4 is 0 Å². The van der Waals surface area contributed by atoms with Crippen LogP contribution in [0, 0.1) is 6.92 Å². The SMILES string of the molecule is CCc1ccc(CC(=O)c2ccnc(C)c2)cc1. The van der Waals surface area contributed by atoms with Crippen molar-refractivity contribution in [2.75, 3.05) is 0 Å². The second-order valence-corrected chi connectivity index (χ2v) is 4.46. The van der Waals surface area contributed by atoms with Crippen molar-refractivity contribution in [3.8, 4) is 0 Å². The van der Waals surface area contributed by atoms with Gasteiger partial charge in [0.25, 0.3) is 0 Å². The van der Waals surface area contributed by atoms with Gasteiger partial charge >= 0.3 is 0 Å². The van der Waals surface area contributed by atoms with E-state index < -0.39 is 0 Å². The van der Waals surface area contributed by atoms with Gasteiger partial charge in [0.2, 0.25) is 0 Å². The van der Waals surface area contributed by atoms with Gasteiger partial charge in [-0.3, -0.25) is 9.78 Å². The van der Waals surface area contributed by atoms with Crippen LogP contribution in [-0.4, -0.2) is 10.8 Å². The van der Waals surface area contributed by atoms with Crippen molar-refractivity contribution in [2.45, 2.75) is 26.7 Å². The Morgan fingerprint density at radius 1 is 1.11 bits per heavy atom.